The topological polar surface area (TPSA) is 35.0 Å². The molecule has 0 radical (unpaired) electrons. The van der Waals surface area contributed by atoms with Crippen molar-refractivity contribution in [1.82, 2.24) is 9.97 Å². The van der Waals surface area contributed by atoms with Crippen LogP contribution in [0.5, 0.6) is 11.6 Å². The summed E-state index contributed by atoms with van der Waals surface area (Å²) in [7, 11) is 0. The van der Waals surface area contributed by atoms with Gasteiger partial charge in [0, 0.05) is 17.6 Å². The van der Waals surface area contributed by atoms with Gasteiger partial charge in [-0.1, -0.05) is 29.8 Å². The summed E-state index contributed by atoms with van der Waals surface area (Å²) in [4.78, 5) is 8.41. The molecule has 0 aliphatic rings. The first kappa shape index (κ1) is 13.2. The van der Waals surface area contributed by atoms with E-state index in [4.69, 9.17) is 27.9 Å². The Morgan fingerprint density at radius 3 is 2.75 bits per heavy atom. The Bertz CT molecular complexity index is 762. The first-order valence-electron chi connectivity index (χ1n) is 5.99. The third kappa shape index (κ3) is 2.69. The van der Waals surface area contributed by atoms with Gasteiger partial charge in [0.05, 0.1) is 22.8 Å². The number of fused-ring (bicyclic) bond motifs is 1. The van der Waals surface area contributed by atoms with E-state index in [0.29, 0.717) is 22.5 Å². The average molecular weight is 305 g/mol. The number of alkyl halides is 1. The molecule has 3 rings (SSSR count). The minimum atomic E-state index is 0.328. The molecule has 3 aromatic rings. The van der Waals surface area contributed by atoms with Gasteiger partial charge in [0.1, 0.15) is 5.75 Å². The lowest BCUT2D eigenvalue weighted by atomic mass is 10.1. The number of halogens is 2. The highest BCUT2D eigenvalue weighted by Crippen LogP contribution is 2.29. The Hall–Kier alpha value is -1.84. The Balaban J connectivity index is 2.10. The molecule has 0 aliphatic heterocycles. The molecule has 0 saturated heterocycles. The van der Waals surface area contributed by atoms with Crippen molar-refractivity contribution in [2.45, 2.75) is 5.88 Å². The van der Waals surface area contributed by atoms with Crippen LogP contribution in [0.3, 0.4) is 0 Å². The lowest BCUT2D eigenvalue weighted by Crippen LogP contribution is -1.94. The van der Waals surface area contributed by atoms with Crippen molar-refractivity contribution < 1.29 is 4.74 Å². The molecule has 100 valence electrons. The van der Waals surface area contributed by atoms with Crippen molar-refractivity contribution in [1.29, 1.82) is 0 Å². The summed E-state index contributed by atoms with van der Waals surface area (Å²) in [6.45, 7) is 0. The largest absolute Gasteiger partial charge is 0.437 e. The highest BCUT2D eigenvalue weighted by molar-refractivity contribution is 6.30. The number of hydrogen-bond acceptors (Lipinski definition) is 3. The van der Waals surface area contributed by atoms with Crippen molar-refractivity contribution in [2.24, 2.45) is 0 Å². The van der Waals surface area contributed by atoms with Crippen LogP contribution in [0.2, 0.25) is 5.02 Å². The Morgan fingerprint density at radius 1 is 1.10 bits per heavy atom. The molecule has 0 saturated carbocycles. The quantitative estimate of drug-likeness (QED) is 0.651. The standard InChI is InChI=1S/C15H10Cl2N2O/c16-7-12-5-10-3-1-2-4-14(10)15(19-12)20-13-6-11(17)8-18-9-13/h1-6,8-9H,7H2. The van der Waals surface area contributed by atoms with Crippen LogP contribution in [0.15, 0.2) is 48.8 Å². The summed E-state index contributed by atoms with van der Waals surface area (Å²) in [6.07, 6.45) is 3.14. The van der Waals surface area contributed by atoms with E-state index >= 15 is 0 Å². The molecular weight excluding hydrogens is 295 g/mol. The van der Waals surface area contributed by atoms with Crippen molar-refractivity contribution in [3.63, 3.8) is 0 Å². The first-order chi connectivity index (χ1) is 9.76. The minimum absolute atomic E-state index is 0.328. The molecule has 2 heterocycles. The highest BCUT2D eigenvalue weighted by atomic mass is 35.5. The van der Waals surface area contributed by atoms with Crippen LogP contribution in [0.25, 0.3) is 10.8 Å². The third-order valence-corrected chi connectivity index (χ3v) is 3.27. The van der Waals surface area contributed by atoms with Gasteiger partial charge in [-0.3, -0.25) is 4.98 Å². The van der Waals surface area contributed by atoms with Gasteiger partial charge in [0.15, 0.2) is 0 Å². The Morgan fingerprint density at radius 2 is 1.95 bits per heavy atom. The number of benzene rings is 1. The van der Waals surface area contributed by atoms with E-state index in [1.165, 1.54) is 0 Å². The van der Waals surface area contributed by atoms with Gasteiger partial charge >= 0.3 is 0 Å². The second kappa shape index (κ2) is 5.65. The summed E-state index contributed by atoms with van der Waals surface area (Å²) in [5, 5.41) is 2.46. The fourth-order valence-electron chi connectivity index (χ4n) is 1.93. The van der Waals surface area contributed by atoms with Gasteiger partial charge < -0.3 is 4.74 Å². The molecule has 1 aromatic carbocycles. The normalized spacial score (nSPS) is 10.7. The van der Waals surface area contributed by atoms with E-state index in [1.807, 2.05) is 30.3 Å². The molecule has 20 heavy (non-hydrogen) atoms. The summed E-state index contributed by atoms with van der Waals surface area (Å²) < 4.78 is 5.80. The van der Waals surface area contributed by atoms with Crippen LogP contribution in [0.4, 0.5) is 0 Å². The molecule has 0 spiro atoms. The van der Waals surface area contributed by atoms with Crippen LogP contribution >= 0.6 is 23.2 Å². The molecule has 0 atom stereocenters. The van der Waals surface area contributed by atoms with Gasteiger partial charge in [-0.15, -0.1) is 11.6 Å². The zero-order valence-corrected chi connectivity index (χ0v) is 11.9. The number of pyridine rings is 2. The first-order valence-corrected chi connectivity index (χ1v) is 6.90. The molecule has 0 aliphatic carbocycles. The summed E-state index contributed by atoms with van der Waals surface area (Å²) in [6, 6.07) is 11.5. The van der Waals surface area contributed by atoms with E-state index in [0.717, 1.165) is 16.5 Å². The predicted molar refractivity (Wildman–Crippen MR) is 80.6 cm³/mol. The molecule has 0 N–H and O–H groups in total. The minimum Gasteiger partial charge on any atom is -0.437 e. The van der Waals surface area contributed by atoms with Crippen molar-refractivity contribution >= 4 is 34.0 Å². The second-order valence-electron chi connectivity index (χ2n) is 4.21. The van der Waals surface area contributed by atoms with Gasteiger partial charge in [0.25, 0.3) is 0 Å². The van der Waals surface area contributed by atoms with Crippen LogP contribution in [-0.2, 0) is 5.88 Å². The van der Waals surface area contributed by atoms with Crippen LogP contribution < -0.4 is 4.74 Å². The van der Waals surface area contributed by atoms with Crippen LogP contribution in [-0.4, -0.2) is 9.97 Å². The van der Waals surface area contributed by atoms with Crippen LogP contribution in [0, 0.1) is 0 Å². The van der Waals surface area contributed by atoms with Crippen molar-refractivity contribution in [3.05, 3.63) is 59.5 Å². The monoisotopic (exact) mass is 304 g/mol. The molecule has 0 amide bonds. The summed E-state index contributed by atoms with van der Waals surface area (Å²) in [5.41, 5.74) is 0.760. The van der Waals surface area contributed by atoms with Gasteiger partial charge in [-0.05, 0) is 17.5 Å². The fourth-order valence-corrected chi connectivity index (χ4v) is 2.23. The zero-order chi connectivity index (χ0) is 13.9. The zero-order valence-electron chi connectivity index (χ0n) is 10.4. The second-order valence-corrected chi connectivity index (χ2v) is 4.92. The number of nitrogens with zero attached hydrogens (tertiary/aromatic N) is 2. The molecule has 0 bridgehead atoms. The maximum atomic E-state index is 5.90. The number of rotatable bonds is 3. The van der Waals surface area contributed by atoms with E-state index in [9.17, 15) is 0 Å². The van der Waals surface area contributed by atoms with Gasteiger partial charge in [0.2, 0.25) is 5.88 Å². The van der Waals surface area contributed by atoms with Crippen molar-refractivity contribution in [2.75, 3.05) is 0 Å². The lowest BCUT2D eigenvalue weighted by molar-refractivity contribution is 0.465. The average Bonchev–Trinajstić information content (AvgIpc) is 2.47. The molecular formula is C15H10Cl2N2O. The maximum absolute atomic E-state index is 5.90. The van der Waals surface area contributed by atoms with E-state index < -0.39 is 0 Å². The number of hydrogen-bond donors (Lipinski definition) is 0. The molecule has 0 fully saturated rings. The summed E-state index contributed by atoms with van der Waals surface area (Å²) in [5.74, 6) is 1.37. The van der Waals surface area contributed by atoms with E-state index in [2.05, 4.69) is 9.97 Å². The molecule has 5 heteroatoms. The Kier molecular flexibility index (Phi) is 3.72. The number of aromatic nitrogens is 2. The highest BCUT2D eigenvalue weighted by Gasteiger charge is 2.08. The number of ether oxygens (including phenoxy) is 1. The molecule has 2 aromatic heterocycles. The van der Waals surface area contributed by atoms with Gasteiger partial charge in [-0.25, -0.2) is 4.98 Å². The van der Waals surface area contributed by atoms with Gasteiger partial charge in [-0.2, -0.15) is 0 Å². The lowest BCUT2D eigenvalue weighted by Gasteiger charge is -2.09. The maximum Gasteiger partial charge on any atom is 0.227 e. The fraction of sp³-hybridized carbons (Fsp3) is 0.0667. The molecule has 0 unspecified atom stereocenters. The Labute approximate surface area is 126 Å². The van der Waals surface area contributed by atoms with Crippen molar-refractivity contribution in [3.8, 4) is 11.6 Å². The van der Waals surface area contributed by atoms with Crippen LogP contribution in [0.1, 0.15) is 5.69 Å². The predicted octanol–water partition coefficient (Wildman–Crippen LogP) is 4.81. The van der Waals surface area contributed by atoms with E-state index in [1.54, 1.807) is 18.5 Å². The molecule has 3 nitrogen and oxygen atoms in total. The third-order valence-electron chi connectivity index (χ3n) is 2.79. The van der Waals surface area contributed by atoms with E-state index in [-0.39, 0.29) is 0 Å². The smallest absolute Gasteiger partial charge is 0.227 e. The SMILES string of the molecule is ClCc1cc2ccccc2c(Oc2cncc(Cl)c2)n1. The summed E-state index contributed by atoms with van der Waals surface area (Å²) >= 11 is 11.8.